The van der Waals surface area contributed by atoms with E-state index < -0.39 is 0 Å². The molecule has 0 saturated carbocycles. The van der Waals surface area contributed by atoms with Gasteiger partial charge in [0.05, 0.1) is 0 Å². The summed E-state index contributed by atoms with van der Waals surface area (Å²) in [4.78, 5) is 0. The SMILES string of the molecule is CCCCCCCCNc1cc(Br)ccc1C. The summed E-state index contributed by atoms with van der Waals surface area (Å²) in [5, 5.41) is 3.51. The molecule has 1 nitrogen and oxygen atoms in total. The third-order valence-corrected chi connectivity index (χ3v) is 3.54. The van der Waals surface area contributed by atoms with Crippen molar-refractivity contribution in [3.05, 3.63) is 28.2 Å². The molecule has 0 unspecified atom stereocenters. The number of halogens is 1. The van der Waals surface area contributed by atoms with Crippen molar-refractivity contribution in [2.45, 2.75) is 52.4 Å². The fourth-order valence-corrected chi connectivity index (χ4v) is 2.27. The number of hydrogen-bond donors (Lipinski definition) is 1. The van der Waals surface area contributed by atoms with Crippen LogP contribution < -0.4 is 5.32 Å². The Labute approximate surface area is 114 Å². The summed E-state index contributed by atoms with van der Waals surface area (Å²) in [6.45, 7) is 5.50. The average Bonchev–Trinajstić information content (AvgIpc) is 2.32. The molecular formula is C15H24BrN. The van der Waals surface area contributed by atoms with Crippen LogP contribution in [-0.4, -0.2) is 6.54 Å². The molecule has 96 valence electrons. The molecule has 0 aliphatic heterocycles. The summed E-state index contributed by atoms with van der Waals surface area (Å²) in [7, 11) is 0. The number of rotatable bonds is 8. The van der Waals surface area contributed by atoms with Crippen LogP contribution in [0.5, 0.6) is 0 Å². The van der Waals surface area contributed by atoms with Crippen molar-refractivity contribution in [3.8, 4) is 0 Å². The van der Waals surface area contributed by atoms with Crippen molar-refractivity contribution in [2.75, 3.05) is 11.9 Å². The second-order valence-corrected chi connectivity index (χ2v) is 5.57. The Balaban J connectivity index is 2.15. The highest BCUT2D eigenvalue weighted by molar-refractivity contribution is 9.10. The van der Waals surface area contributed by atoms with Gasteiger partial charge in [-0.3, -0.25) is 0 Å². The van der Waals surface area contributed by atoms with Gasteiger partial charge in [-0.1, -0.05) is 61.0 Å². The molecular weight excluding hydrogens is 274 g/mol. The maximum absolute atomic E-state index is 3.51. The summed E-state index contributed by atoms with van der Waals surface area (Å²) in [6.07, 6.45) is 8.11. The largest absolute Gasteiger partial charge is 0.385 e. The van der Waals surface area contributed by atoms with Crippen molar-refractivity contribution in [1.29, 1.82) is 0 Å². The summed E-state index contributed by atoms with van der Waals surface area (Å²) in [5.41, 5.74) is 2.58. The van der Waals surface area contributed by atoms with Gasteiger partial charge >= 0.3 is 0 Å². The molecule has 0 amide bonds. The van der Waals surface area contributed by atoms with Gasteiger partial charge in [-0.2, -0.15) is 0 Å². The van der Waals surface area contributed by atoms with Crippen LogP contribution in [0.1, 0.15) is 51.0 Å². The predicted octanol–water partition coefficient (Wildman–Crippen LogP) is 5.53. The smallest absolute Gasteiger partial charge is 0.0381 e. The lowest BCUT2D eigenvalue weighted by Gasteiger charge is -2.09. The topological polar surface area (TPSA) is 12.0 Å². The Hall–Kier alpha value is -0.500. The van der Waals surface area contributed by atoms with Crippen LogP contribution in [0.3, 0.4) is 0 Å². The first-order valence-corrected chi connectivity index (χ1v) is 7.53. The Kier molecular flexibility index (Phi) is 7.34. The molecule has 0 fully saturated rings. The molecule has 1 N–H and O–H groups in total. The van der Waals surface area contributed by atoms with E-state index in [1.807, 2.05) is 0 Å². The zero-order chi connectivity index (χ0) is 12.5. The van der Waals surface area contributed by atoms with E-state index >= 15 is 0 Å². The van der Waals surface area contributed by atoms with Gasteiger partial charge in [0.2, 0.25) is 0 Å². The number of aryl methyl sites for hydroxylation is 1. The molecule has 17 heavy (non-hydrogen) atoms. The van der Waals surface area contributed by atoms with E-state index in [2.05, 4.69) is 53.3 Å². The van der Waals surface area contributed by atoms with E-state index in [4.69, 9.17) is 0 Å². The van der Waals surface area contributed by atoms with Crippen LogP contribution >= 0.6 is 15.9 Å². The molecule has 0 saturated heterocycles. The van der Waals surface area contributed by atoms with Gasteiger partial charge in [-0.05, 0) is 31.0 Å². The Morgan fingerprint density at radius 3 is 2.53 bits per heavy atom. The van der Waals surface area contributed by atoms with Gasteiger partial charge in [0.15, 0.2) is 0 Å². The maximum atomic E-state index is 3.51. The first-order chi connectivity index (χ1) is 8.24. The van der Waals surface area contributed by atoms with Gasteiger partial charge in [-0.15, -0.1) is 0 Å². The van der Waals surface area contributed by atoms with Gasteiger partial charge in [0.25, 0.3) is 0 Å². The molecule has 0 aromatic heterocycles. The fourth-order valence-electron chi connectivity index (χ4n) is 1.91. The monoisotopic (exact) mass is 297 g/mol. The molecule has 0 aliphatic carbocycles. The van der Waals surface area contributed by atoms with Crippen molar-refractivity contribution in [2.24, 2.45) is 0 Å². The van der Waals surface area contributed by atoms with Crippen LogP contribution in [0.15, 0.2) is 22.7 Å². The van der Waals surface area contributed by atoms with Crippen molar-refractivity contribution in [1.82, 2.24) is 0 Å². The fraction of sp³-hybridized carbons (Fsp3) is 0.600. The van der Waals surface area contributed by atoms with Gasteiger partial charge in [0, 0.05) is 16.7 Å². The Morgan fingerprint density at radius 2 is 1.76 bits per heavy atom. The highest BCUT2D eigenvalue weighted by Crippen LogP contribution is 2.20. The zero-order valence-corrected chi connectivity index (χ0v) is 12.6. The third kappa shape index (κ3) is 6.11. The second kappa shape index (κ2) is 8.57. The number of nitrogens with one attached hydrogen (secondary N) is 1. The van der Waals surface area contributed by atoms with Crippen LogP contribution in [0.2, 0.25) is 0 Å². The average molecular weight is 298 g/mol. The number of unbranched alkanes of at least 4 members (excludes halogenated alkanes) is 5. The zero-order valence-electron chi connectivity index (χ0n) is 11.1. The summed E-state index contributed by atoms with van der Waals surface area (Å²) >= 11 is 3.51. The minimum Gasteiger partial charge on any atom is -0.385 e. The van der Waals surface area contributed by atoms with Crippen molar-refractivity contribution >= 4 is 21.6 Å². The summed E-state index contributed by atoms with van der Waals surface area (Å²) in [6, 6.07) is 6.39. The predicted molar refractivity (Wildman–Crippen MR) is 80.7 cm³/mol. The lowest BCUT2D eigenvalue weighted by Crippen LogP contribution is -2.02. The molecule has 0 aliphatic rings. The van der Waals surface area contributed by atoms with E-state index in [1.165, 1.54) is 49.8 Å². The molecule has 0 bridgehead atoms. The molecule has 1 rings (SSSR count). The van der Waals surface area contributed by atoms with E-state index in [0.717, 1.165) is 11.0 Å². The van der Waals surface area contributed by atoms with E-state index in [9.17, 15) is 0 Å². The molecule has 0 heterocycles. The number of benzene rings is 1. The first-order valence-electron chi connectivity index (χ1n) is 6.74. The van der Waals surface area contributed by atoms with Crippen LogP contribution in [-0.2, 0) is 0 Å². The minimum atomic E-state index is 1.09. The molecule has 1 aromatic rings. The van der Waals surface area contributed by atoms with Crippen molar-refractivity contribution in [3.63, 3.8) is 0 Å². The Morgan fingerprint density at radius 1 is 1.06 bits per heavy atom. The lowest BCUT2D eigenvalue weighted by molar-refractivity contribution is 0.617. The second-order valence-electron chi connectivity index (χ2n) is 4.65. The standard InChI is InChI=1S/C15H24BrN/c1-3-4-5-6-7-8-11-17-15-12-14(16)10-9-13(15)2/h9-10,12,17H,3-8,11H2,1-2H3. The van der Waals surface area contributed by atoms with Gasteiger partial charge in [-0.25, -0.2) is 0 Å². The van der Waals surface area contributed by atoms with E-state index in [0.29, 0.717) is 0 Å². The van der Waals surface area contributed by atoms with Crippen LogP contribution in [0.4, 0.5) is 5.69 Å². The highest BCUT2D eigenvalue weighted by Gasteiger charge is 1.98. The first kappa shape index (κ1) is 14.6. The van der Waals surface area contributed by atoms with Crippen LogP contribution in [0.25, 0.3) is 0 Å². The molecule has 0 atom stereocenters. The molecule has 0 radical (unpaired) electrons. The number of hydrogen-bond acceptors (Lipinski definition) is 1. The quantitative estimate of drug-likeness (QED) is 0.622. The third-order valence-electron chi connectivity index (χ3n) is 3.05. The van der Waals surface area contributed by atoms with Gasteiger partial charge < -0.3 is 5.32 Å². The highest BCUT2D eigenvalue weighted by atomic mass is 79.9. The van der Waals surface area contributed by atoms with Crippen LogP contribution in [0, 0.1) is 6.92 Å². The molecule has 0 spiro atoms. The van der Waals surface area contributed by atoms with Crippen molar-refractivity contribution < 1.29 is 0 Å². The number of anilines is 1. The normalized spacial score (nSPS) is 10.5. The maximum Gasteiger partial charge on any atom is 0.0381 e. The van der Waals surface area contributed by atoms with Gasteiger partial charge in [0.1, 0.15) is 0 Å². The van der Waals surface area contributed by atoms with E-state index in [1.54, 1.807) is 0 Å². The summed E-state index contributed by atoms with van der Waals surface area (Å²) in [5.74, 6) is 0. The lowest BCUT2D eigenvalue weighted by atomic mass is 10.1. The molecule has 1 aromatic carbocycles. The molecule has 2 heteroatoms. The van der Waals surface area contributed by atoms with E-state index in [-0.39, 0.29) is 0 Å². The summed E-state index contributed by atoms with van der Waals surface area (Å²) < 4.78 is 1.15. The Bertz CT molecular complexity index is 323. The minimum absolute atomic E-state index is 1.09.